The molecule has 1 aliphatic rings. The third kappa shape index (κ3) is 4.57. The van der Waals surface area contributed by atoms with Crippen molar-refractivity contribution in [2.75, 3.05) is 55.4 Å². The normalized spacial score (nSPS) is 14.8. The van der Waals surface area contributed by atoms with Gasteiger partial charge in [0.1, 0.15) is 12.0 Å². The Morgan fingerprint density at radius 2 is 1.96 bits per heavy atom. The Bertz CT molecular complexity index is 797. The number of piperazine rings is 1. The van der Waals surface area contributed by atoms with Gasteiger partial charge in [-0.3, -0.25) is 20.5 Å². The van der Waals surface area contributed by atoms with Gasteiger partial charge in [0.15, 0.2) is 11.6 Å². The average Bonchev–Trinajstić information content (AvgIpc) is 2.68. The van der Waals surface area contributed by atoms with Gasteiger partial charge in [0.05, 0.1) is 17.2 Å². The maximum absolute atomic E-state index is 12.3. The van der Waals surface area contributed by atoms with Gasteiger partial charge in [-0.1, -0.05) is 23.7 Å². The van der Waals surface area contributed by atoms with Gasteiger partial charge in [-0.2, -0.15) is 0 Å². The maximum Gasteiger partial charge on any atom is 0.271 e. The van der Waals surface area contributed by atoms with Crippen LogP contribution in [0.1, 0.15) is 10.4 Å². The molecule has 27 heavy (non-hydrogen) atoms. The second-order valence-corrected chi connectivity index (χ2v) is 6.48. The van der Waals surface area contributed by atoms with E-state index in [9.17, 15) is 4.79 Å². The molecule has 2 heterocycles. The summed E-state index contributed by atoms with van der Waals surface area (Å²) in [5, 5.41) is 9.39. The van der Waals surface area contributed by atoms with Crippen LogP contribution in [0.3, 0.4) is 0 Å². The predicted octanol–water partition coefficient (Wildman–Crippen LogP) is 0.583. The van der Waals surface area contributed by atoms with Crippen LogP contribution in [0.5, 0.6) is 0 Å². The minimum absolute atomic E-state index is 0.148. The van der Waals surface area contributed by atoms with Gasteiger partial charge < -0.3 is 15.7 Å². The summed E-state index contributed by atoms with van der Waals surface area (Å²) in [6.07, 6.45) is 1.40. The van der Waals surface area contributed by atoms with Gasteiger partial charge in [-0.25, -0.2) is 9.97 Å². The fourth-order valence-corrected chi connectivity index (χ4v) is 3.11. The van der Waals surface area contributed by atoms with Crippen molar-refractivity contribution in [2.24, 2.45) is 0 Å². The predicted molar refractivity (Wildman–Crippen MR) is 105 cm³/mol. The first kappa shape index (κ1) is 19.2. The summed E-state index contributed by atoms with van der Waals surface area (Å²) in [6, 6.07) is 6.75. The van der Waals surface area contributed by atoms with Crippen molar-refractivity contribution in [1.82, 2.24) is 20.3 Å². The van der Waals surface area contributed by atoms with Gasteiger partial charge in [0.25, 0.3) is 5.91 Å². The molecular weight excluding hydrogens is 370 g/mol. The molecule has 9 nitrogen and oxygen atoms in total. The molecule has 1 aliphatic heterocycles. The van der Waals surface area contributed by atoms with Crippen LogP contribution in [0.25, 0.3) is 0 Å². The van der Waals surface area contributed by atoms with Gasteiger partial charge in [-0.15, -0.1) is 0 Å². The van der Waals surface area contributed by atoms with E-state index in [2.05, 4.69) is 30.6 Å². The topological polar surface area (TPSA) is 120 Å². The number of carbonyl (C=O) groups excluding carboxylic acids is 1. The molecule has 0 spiro atoms. The minimum Gasteiger partial charge on any atom is -0.395 e. The minimum atomic E-state index is -0.391. The highest BCUT2D eigenvalue weighted by Gasteiger charge is 2.21. The molecule has 5 N–H and O–H groups in total. The number of carbonyl (C=O) groups is 1. The Hall–Kier alpha value is -2.62. The summed E-state index contributed by atoms with van der Waals surface area (Å²) < 4.78 is 0. The van der Waals surface area contributed by atoms with Crippen molar-refractivity contribution in [2.45, 2.75) is 0 Å². The number of nitrogens with two attached hydrogens (primary N) is 1. The highest BCUT2D eigenvalue weighted by atomic mass is 35.5. The lowest BCUT2D eigenvalue weighted by Crippen LogP contribution is -2.47. The smallest absolute Gasteiger partial charge is 0.271 e. The second kappa shape index (κ2) is 8.85. The first-order valence-electron chi connectivity index (χ1n) is 8.59. The van der Waals surface area contributed by atoms with Crippen LogP contribution in [0.4, 0.5) is 17.3 Å². The quantitative estimate of drug-likeness (QED) is 0.528. The molecule has 0 saturated carbocycles. The first-order valence-corrected chi connectivity index (χ1v) is 8.97. The van der Waals surface area contributed by atoms with E-state index in [1.54, 1.807) is 24.3 Å². The number of nitrogens with zero attached hydrogens (tertiary/aromatic N) is 4. The Balaban J connectivity index is 1.65. The highest BCUT2D eigenvalue weighted by molar-refractivity contribution is 6.33. The lowest BCUT2D eigenvalue weighted by atomic mass is 10.2. The van der Waals surface area contributed by atoms with Crippen LogP contribution in [-0.2, 0) is 0 Å². The highest BCUT2D eigenvalue weighted by Crippen LogP contribution is 2.26. The van der Waals surface area contributed by atoms with Crippen LogP contribution in [0.2, 0.25) is 5.02 Å². The molecular formula is C17H22ClN7O2. The number of aliphatic hydroxyl groups excluding tert-OH is 1. The van der Waals surface area contributed by atoms with Gasteiger partial charge in [0.2, 0.25) is 0 Å². The van der Waals surface area contributed by atoms with E-state index >= 15 is 0 Å². The zero-order valence-corrected chi connectivity index (χ0v) is 15.5. The van der Waals surface area contributed by atoms with Gasteiger partial charge in [-0.05, 0) is 12.1 Å². The number of halogens is 1. The number of aliphatic hydroxyl groups is 1. The molecule has 0 aliphatic carbocycles. The molecule has 2 aromatic rings. The molecule has 1 saturated heterocycles. The fraction of sp³-hybridized carbons (Fsp3) is 0.353. The molecule has 1 aromatic heterocycles. The van der Waals surface area contributed by atoms with Crippen molar-refractivity contribution < 1.29 is 9.90 Å². The van der Waals surface area contributed by atoms with Crippen LogP contribution in [-0.4, -0.2) is 65.2 Å². The number of nitrogen functional groups attached to an aromatic ring is 1. The zero-order chi connectivity index (χ0) is 19.2. The summed E-state index contributed by atoms with van der Waals surface area (Å²) in [6.45, 7) is 3.92. The number of β-amino-alcohol motifs (C(OH)–C–C–N with tert-alkyl or cyclic N) is 1. The summed E-state index contributed by atoms with van der Waals surface area (Å²) >= 11 is 6.03. The number of anilines is 3. The van der Waals surface area contributed by atoms with Gasteiger partial charge in [0, 0.05) is 32.7 Å². The van der Waals surface area contributed by atoms with E-state index < -0.39 is 5.91 Å². The van der Waals surface area contributed by atoms with E-state index in [-0.39, 0.29) is 6.61 Å². The number of amides is 1. The van der Waals surface area contributed by atoms with E-state index in [1.807, 2.05) is 0 Å². The van der Waals surface area contributed by atoms with E-state index in [0.717, 1.165) is 26.2 Å². The molecule has 1 amide bonds. The number of hydrogen-bond donors (Lipinski definition) is 4. The monoisotopic (exact) mass is 391 g/mol. The van der Waals surface area contributed by atoms with Crippen molar-refractivity contribution >= 4 is 34.8 Å². The molecule has 0 bridgehead atoms. The van der Waals surface area contributed by atoms with Crippen molar-refractivity contribution in [3.8, 4) is 0 Å². The third-order valence-electron chi connectivity index (χ3n) is 4.36. The zero-order valence-electron chi connectivity index (χ0n) is 14.7. The van der Waals surface area contributed by atoms with E-state index in [4.69, 9.17) is 22.4 Å². The van der Waals surface area contributed by atoms with Crippen LogP contribution < -0.4 is 21.5 Å². The summed E-state index contributed by atoms with van der Waals surface area (Å²) in [7, 11) is 0. The second-order valence-electron chi connectivity index (χ2n) is 6.07. The molecule has 1 aromatic carbocycles. The summed E-state index contributed by atoms with van der Waals surface area (Å²) in [5.41, 5.74) is 12.2. The lowest BCUT2D eigenvalue weighted by molar-refractivity contribution is 0.0962. The van der Waals surface area contributed by atoms with E-state index in [1.165, 1.54) is 6.33 Å². The lowest BCUT2D eigenvalue weighted by Gasteiger charge is -2.35. The average molecular weight is 392 g/mol. The number of aromatic nitrogens is 2. The van der Waals surface area contributed by atoms with Crippen molar-refractivity contribution in [3.63, 3.8) is 0 Å². The van der Waals surface area contributed by atoms with Crippen LogP contribution >= 0.6 is 11.6 Å². The number of nitrogens with one attached hydrogen (secondary N) is 2. The number of rotatable bonds is 6. The fourth-order valence-electron chi connectivity index (χ4n) is 2.89. The molecule has 0 atom stereocenters. The number of hydrogen-bond acceptors (Lipinski definition) is 8. The molecule has 3 rings (SSSR count). The SMILES string of the molecule is Nc1c(NNC(=O)c2ccccc2Cl)ncnc1N1CCN(CCO)CC1. The number of hydrazine groups is 1. The molecule has 0 radical (unpaired) electrons. The summed E-state index contributed by atoms with van der Waals surface area (Å²) in [5.74, 6) is 0.541. The standard InChI is InChI=1S/C17H22ClN7O2/c18-13-4-2-1-3-12(13)17(27)23-22-15-14(19)16(21-11-20-15)25-7-5-24(6-8-25)9-10-26/h1-4,11,26H,5-10,19H2,(H,23,27)(H,20,21,22). The van der Waals surface area contributed by atoms with Crippen LogP contribution in [0.15, 0.2) is 30.6 Å². The molecule has 0 unspecified atom stereocenters. The van der Waals surface area contributed by atoms with Gasteiger partial charge >= 0.3 is 0 Å². The largest absolute Gasteiger partial charge is 0.395 e. The Labute approximate surface area is 162 Å². The Morgan fingerprint density at radius 1 is 1.22 bits per heavy atom. The maximum atomic E-state index is 12.3. The molecule has 10 heteroatoms. The third-order valence-corrected chi connectivity index (χ3v) is 4.69. The summed E-state index contributed by atoms with van der Waals surface area (Å²) in [4.78, 5) is 24.9. The van der Waals surface area contributed by atoms with Crippen LogP contribution in [0, 0.1) is 0 Å². The molecule has 1 fully saturated rings. The molecule has 144 valence electrons. The first-order chi connectivity index (χ1) is 13.1. The van der Waals surface area contributed by atoms with Crippen molar-refractivity contribution in [3.05, 3.63) is 41.2 Å². The number of benzene rings is 1. The Kier molecular flexibility index (Phi) is 6.28. The van der Waals surface area contributed by atoms with E-state index in [0.29, 0.717) is 34.5 Å². The van der Waals surface area contributed by atoms with Crippen molar-refractivity contribution in [1.29, 1.82) is 0 Å². The Morgan fingerprint density at radius 3 is 2.67 bits per heavy atom.